The van der Waals surface area contributed by atoms with E-state index < -0.39 is 0 Å². The van der Waals surface area contributed by atoms with E-state index in [2.05, 4.69) is 36.5 Å². The third-order valence-corrected chi connectivity index (χ3v) is 4.13. The first kappa shape index (κ1) is 20.3. The number of aliphatic imine (C=N–C) groups is 1. The Morgan fingerprint density at radius 3 is 2.74 bits per heavy atom. The van der Waals surface area contributed by atoms with Crippen molar-refractivity contribution in [2.45, 2.75) is 26.9 Å². The van der Waals surface area contributed by atoms with Gasteiger partial charge in [0.1, 0.15) is 10.8 Å². The normalized spacial score (nSPS) is 11.0. The molecule has 0 saturated heterocycles. The van der Waals surface area contributed by atoms with Crippen LogP contribution in [0.2, 0.25) is 0 Å². The third-order valence-electron chi connectivity index (χ3n) is 2.76. The van der Waals surface area contributed by atoms with Crippen molar-refractivity contribution in [1.29, 1.82) is 0 Å². The zero-order valence-electron chi connectivity index (χ0n) is 12.9. The Labute approximate surface area is 165 Å². The molecule has 1 aromatic carbocycles. The van der Waals surface area contributed by atoms with Crippen LogP contribution in [0.15, 0.2) is 33.9 Å². The van der Waals surface area contributed by atoms with Gasteiger partial charge in [0, 0.05) is 22.1 Å². The van der Waals surface area contributed by atoms with Crippen molar-refractivity contribution in [3.8, 4) is 0 Å². The minimum Gasteiger partial charge on any atom is -0.357 e. The molecule has 2 rings (SSSR count). The van der Waals surface area contributed by atoms with Crippen molar-refractivity contribution in [2.75, 3.05) is 6.54 Å². The number of guanidine groups is 1. The summed E-state index contributed by atoms with van der Waals surface area (Å²) in [6.07, 6.45) is 1.86. The Morgan fingerprint density at radius 1 is 1.35 bits per heavy atom. The van der Waals surface area contributed by atoms with Crippen LogP contribution >= 0.6 is 51.2 Å². The third kappa shape index (κ3) is 7.13. The molecule has 1 heterocycles. The molecule has 4 nitrogen and oxygen atoms in total. The Hall–Kier alpha value is -0.740. The summed E-state index contributed by atoms with van der Waals surface area (Å²) in [5.41, 5.74) is 0.814. The number of nitrogens with zero attached hydrogens (tertiary/aromatic N) is 2. The standard InChI is InChI=1S/C15H18BrFN4S.HI/c1-3-18-15(21-9-14-19-7-10(2)22-14)20-8-11-4-12(16)6-13(17)5-11;/h4-7H,3,8-9H2,1-2H3,(H2,18,20,21);1H. The average molecular weight is 513 g/mol. The van der Waals surface area contributed by atoms with Gasteiger partial charge >= 0.3 is 0 Å². The maximum absolute atomic E-state index is 13.4. The van der Waals surface area contributed by atoms with Gasteiger partial charge in [-0.3, -0.25) is 0 Å². The van der Waals surface area contributed by atoms with E-state index in [-0.39, 0.29) is 29.8 Å². The highest BCUT2D eigenvalue weighted by Gasteiger charge is 2.03. The second kappa shape index (κ2) is 10.2. The fraction of sp³-hybridized carbons (Fsp3) is 0.333. The predicted octanol–water partition coefficient (Wildman–Crippen LogP) is 4.23. The van der Waals surface area contributed by atoms with Gasteiger partial charge in [0.25, 0.3) is 0 Å². The summed E-state index contributed by atoms with van der Waals surface area (Å²) in [6, 6.07) is 4.78. The highest BCUT2D eigenvalue weighted by molar-refractivity contribution is 14.0. The van der Waals surface area contributed by atoms with Crippen LogP contribution in [-0.4, -0.2) is 17.5 Å². The van der Waals surface area contributed by atoms with Crippen molar-refractivity contribution >= 4 is 57.2 Å². The van der Waals surface area contributed by atoms with Crippen molar-refractivity contribution in [3.63, 3.8) is 0 Å². The summed E-state index contributed by atoms with van der Waals surface area (Å²) < 4.78 is 14.1. The fourth-order valence-corrected chi connectivity index (χ4v) is 3.10. The maximum Gasteiger partial charge on any atom is 0.191 e. The quantitative estimate of drug-likeness (QED) is 0.358. The van der Waals surface area contributed by atoms with E-state index in [0.29, 0.717) is 23.5 Å². The maximum atomic E-state index is 13.4. The Kier molecular flexibility index (Phi) is 9.00. The van der Waals surface area contributed by atoms with E-state index in [1.54, 1.807) is 11.3 Å². The lowest BCUT2D eigenvalue weighted by molar-refractivity contribution is 0.624. The molecule has 0 bridgehead atoms. The second-order valence-electron chi connectivity index (χ2n) is 4.69. The zero-order valence-corrected chi connectivity index (χ0v) is 17.6. The molecule has 0 fully saturated rings. The molecular weight excluding hydrogens is 494 g/mol. The first-order valence-electron chi connectivity index (χ1n) is 6.95. The summed E-state index contributed by atoms with van der Waals surface area (Å²) in [7, 11) is 0. The van der Waals surface area contributed by atoms with Gasteiger partial charge in [-0.05, 0) is 37.6 Å². The Bertz CT molecular complexity index is 642. The lowest BCUT2D eigenvalue weighted by Crippen LogP contribution is -2.36. The molecule has 0 radical (unpaired) electrons. The lowest BCUT2D eigenvalue weighted by atomic mass is 10.2. The molecular formula is C15H19BrFIN4S. The van der Waals surface area contributed by atoms with Gasteiger partial charge in [-0.15, -0.1) is 35.3 Å². The minimum atomic E-state index is -0.268. The topological polar surface area (TPSA) is 49.3 Å². The largest absolute Gasteiger partial charge is 0.357 e. The van der Waals surface area contributed by atoms with E-state index >= 15 is 0 Å². The van der Waals surface area contributed by atoms with Crippen LogP contribution in [0, 0.1) is 12.7 Å². The van der Waals surface area contributed by atoms with Gasteiger partial charge in [-0.25, -0.2) is 14.4 Å². The van der Waals surface area contributed by atoms with Gasteiger partial charge in [0.15, 0.2) is 5.96 Å². The first-order valence-corrected chi connectivity index (χ1v) is 8.56. The van der Waals surface area contributed by atoms with Crippen LogP contribution in [0.4, 0.5) is 4.39 Å². The van der Waals surface area contributed by atoms with Crippen LogP contribution in [0.25, 0.3) is 0 Å². The second-order valence-corrected chi connectivity index (χ2v) is 6.93. The van der Waals surface area contributed by atoms with Gasteiger partial charge in [-0.2, -0.15) is 0 Å². The van der Waals surface area contributed by atoms with E-state index in [1.165, 1.54) is 17.0 Å². The average Bonchev–Trinajstić information content (AvgIpc) is 2.86. The summed E-state index contributed by atoms with van der Waals surface area (Å²) in [5, 5.41) is 7.41. The SMILES string of the molecule is CCNC(=NCc1cc(F)cc(Br)c1)NCc1ncc(C)s1.I. The van der Waals surface area contributed by atoms with Crippen LogP contribution in [0.3, 0.4) is 0 Å². The molecule has 0 aliphatic heterocycles. The zero-order chi connectivity index (χ0) is 15.9. The minimum absolute atomic E-state index is 0. The number of halogens is 3. The number of aromatic nitrogens is 1. The smallest absolute Gasteiger partial charge is 0.191 e. The molecule has 0 spiro atoms. The van der Waals surface area contributed by atoms with Crippen molar-refractivity contribution < 1.29 is 4.39 Å². The van der Waals surface area contributed by atoms with Crippen LogP contribution in [0.1, 0.15) is 22.4 Å². The number of rotatable bonds is 5. The summed E-state index contributed by atoms with van der Waals surface area (Å²) in [5.74, 6) is 0.423. The fourth-order valence-electron chi connectivity index (χ4n) is 1.86. The number of nitrogens with one attached hydrogen (secondary N) is 2. The van der Waals surface area contributed by atoms with Crippen molar-refractivity contribution in [1.82, 2.24) is 15.6 Å². The van der Waals surface area contributed by atoms with Gasteiger partial charge in [-0.1, -0.05) is 15.9 Å². The highest BCUT2D eigenvalue weighted by Crippen LogP contribution is 2.15. The Morgan fingerprint density at radius 2 is 2.13 bits per heavy atom. The van der Waals surface area contributed by atoms with Gasteiger partial charge < -0.3 is 10.6 Å². The molecule has 0 atom stereocenters. The number of thiazole rings is 1. The van der Waals surface area contributed by atoms with Crippen LogP contribution in [0.5, 0.6) is 0 Å². The predicted molar refractivity (Wildman–Crippen MR) is 108 cm³/mol. The Balaban J connectivity index is 0.00000264. The van der Waals surface area contributed by atoms with E-state index in [4.69, 9.17) is 0 Å². The molecule has 2 N–H and O–H groups in total. The molecule has 126 valence electrons. The molecule has 0 amide bonds. The number of aryl methyl sites for hydroxylation is 1. The molecule has 2 aromatic rings. The highest BCUT2D eigenvalue weighted by atomic mass is 127. The van der Waals surface area contributed by atoms with E-state index in [9.17, 15) is 4.39 Å². The van der Waals surface area contributed by atoms with E-state index in [1.807, 2.05) is 26.1 Å². The van der Waals surface area contributed by atoms with Crippen molar-refractivity contribution in [3.05, 3.63) is 50.1 Å². The number of hydrogen-bond donors (Lipinski definition) is 2. The number of hydrogen-bond acceptors (Lipinski definition) is 3. The van der Waals surface area contributed by atoms with Gasteiger partial charge in [0.2, 0.25) is 0 Å². The molecule has 0 unspecified atom stereocenters. The van der Waals surface area contributed by atoms with Gasteiger partial charge in [0.05, 0.1) is 13.1 Å². The molecule has 0 aliphatic rings. The number of benzene rings is 1. The molecule has 8 heteroatoms. The molecule has 1 aromatic heterocycles. The molecule has 0 aliphatic carbocycles. The summed E-state index contributed by atoms with van der Waals surface area (Å²) in [4.78, 5) is 9.96. The summed E-state index contributed by atoms with van der Waals surface area (Å²) in [6.45, 7) is 5.82. The molecule has 23 heavy (non-hydrogen) atoms. The van der Waals surface area contributed by atoms with Crippen LogP contribution < -0.4 is 10.6 Å². The summed E-state index contributed by atoms with van der Waals surface area (Å²) >= 11 is 4.94. The first-order chi connectivity index (χ1) is 10.6. The lowest BCUT2D eigenvalue weighted by Gasteiger charge is -2.10. The van der Waals surface area contributed by atoms with E-state index in [0.717, 1.165) is 17.1 Å². The van der Waals surface area contributed by atoms with Crippen LogP contribution in [-0.2, 0) is 13.1 Å². The van der Waals surface area contributed by atoms with Crippen molar-refractivity contribution in [2.24, 2.45) is 4.99 Å². The molecule has 0 saturated carbocycles. The monoisotopic (exact) mass is 512 g/mol.